The first-order chi connectivity index (χ1) is 12.1. The van der Waals surface area contributed by atoms with Gasteiger partial charge in [-0.25, -0.2) is 9.78 Å². The Kier molecular flexibility index (Phi) is 5.53. The normalized spacial score (nSPS) is 14.4. The Balaban J connectivity index is 1.79. The standard InChI is InChI=1S/C18H20BrN3O3/c1-11-10-20-18(22-16(11)25-13-5-3-4-6-13)21-12-7-8-15(19)14(9-12)17(23)24-2/h7-10,13H,3-6H2,1-2H3,(H,20,21,22). The fraction of sp³-hybridized carbons (Fsp3) is 0.389. The molecule has 1 aliphatic carbocycles. The number of nitrogens with zero attached hydrogens (tertiary/aromatic N) is 2. The first-order valence-electron chi connectivity index (χ1n) is 8.22. The maximum atomic E-state index is 11.8. The van der Waals surface area contributed by atoms with Gasteiger partial charge in [0.25, 0.3) is 0 Å². The lowest BCUT2D eigenvalue weighted by molar-refractivity contribution is 0.0599. The van der Waals surface area contributed by atoms with E-state index in [0.29, 0.717) is 27.6 Å². The number of hydrogen-bond donors (Lipinski definition) is 1. The van der Waals surface area contributed by atoms with Crippen molar-refractivity contribution in [1.82, 2.24) is 9.97 Å². The van der Waals surface area contributed by atoms with Gasteiger partial charge in [-0.15, -0.1) is 0 Å². The molecule has 0 spiro atoms. The molecule has 0 atom stereocenters. The molecule has 6 nitrogen and oxygen atoms in total. The average molecular weight is 406 g/mol. The molecule has 7 heteroatoms. The lowest BCUT2D eigenvalue weighted by Crippen LogP contribution is -2.13. The van der Waals surface area contributed by atoms with Gasteiger partial charge in [-0.1, -0.05) is 0 Å². The number of aromatic nitrogens is 2. The van der Waals surface area contributed by atoms with Crippen molar-refractivity contribution in [2.24, 2.45) is 0 Å². The molecule has 1 aromatic carbocycles. The molecule has 2 aromatic rings. The number of benzene rings is 1. The minimum Gasteiger partial charge on any atom is -0.474 e. The van der Waals surface area contributed by atoms with E-state index in [4.69, 9.17) is 9.47 Å². The third kappa shape index (κ3) is 4.28. The summed E-state index contributed by atoms with van der Waals surface area (Å²) in [6.45, 7) is 1.93. The van der Waals surface area contributed by atoms with E-state index in [9.17, 15) is 4.79 Å². The number of nitrogens with one attached hydrogen (secondary N) is 1. The predicted octanol–water partition coefficient (Wildman–Crippen LogP) is 4.40. The van der Waals surface area contributed by atoms with Crippen LogP contribution in [0.25, 0.3) is 0 Å². The Morgan fingerprint density at radius 1 is 1.32 bits per heavy atom. The highest BCUT2D eigenvalue weighted by Crippen LogP contribution is 2.27. The Hall–Kier alpha value is -2.15. The van der Waals surface area contributed by atoms with Crippen LogP contribution in [0.4, 0.5) is 11.6 Å². The molecule has 1 N–H and O–H groups in total. The molecule has 1 aliphatic rings. The topological polar surface area (TPSA) is 73.3 Å². The van der Waals surface area contributed by atoms with Crippen molar-refractivity contribution < 1.29 is 14.3 Å². The van der Waals surface area contributed by atoms with E-state index >= 15 is 0 Å². The number of esters is 1. The van der Waals surface area contributed by atoms with Crippen molar-refractivity contribution in [1.29, 1.82) is 0 Å². The zero-order valence-electron chi connectivity index (χ0n) is 14.2. The van der Waals surface area contributed by atoms with Gasteiger partial charge in [0.15, 0.2) is 0 Å². The van der Waals surface area contributed by atoms with E-state index in [2.05, 4.69) is 31.2 Å². The van der Waals surface area contributed by atoms with E-state index in [-0.39, 0.29) is 6.10 Å². The number of ether oxygens (including phenoxy) is 2. The van der Waals surface area contributed by atoms with Crippen molar-refractivity contribution in [3.05, 3.63) is 40.0 Å². The molecule has 0 aliphatic heterocycles. The van der Waals surface area contributed by atoms with Gasteiger partial charge in [-0.2, -0.15) is 4.98 Å². The highest BCUT2D eigenvalue weighted by molar-refractivity contribution is 9.10. The molecule has 1 saturated carbocycles. The van der Waals surface area contributed by atoms with Crippen LogP contribution in [-0.4, -0.2) is 29.2 Å². The second-order valence-electron chi connectivity index (χ2n) is 6.02. The second-order valence-corrected chi connectivity index (χ2v) is 6.87. The predicted molar refractivity (Wildman–Crippen MR) is 98.4 cm³/mol. The van der Waals surface area contributed by atoms with Crippen LogP contribution in [0, 0.1) is 6.92 Å². The van der Waals surface area contributed by atoms with E-state index in [1.54, 1.807) is 18.3 Å². The summed E-state index contributed by atoms with van der Waals surface area (Å²) in [5.41, 5.74) is 2.03. The van der Waals surface area contributed by atoms with Crippen molar-refractivity contribution in [2.75, 3.05) is 12.4 Å². The van der Waals surface area contributed by atoms with Crippen LogP contribution < -0.4 is 10.1 Å². The molecule has 0 radical (unpaired) electrons. The third-order valence-electron chi connectivity index (χ3n) is 4.13. The molecule has 0 bridgehead atoms. The second kappa shape index (κ2) is 7.82. The van der Waals surface area contributed by atoms with Gasteiger partial charge in [0.05, 0.1) is 12.7 Å². The number of halogens is 1. The van der Waals surface area contributed by atoms with Crippen molar-refractivity contribution >= 4 is 33.5 Å². The summed E-state index contributed by atoms with van der Waals surface area (Å²) in [5.74, 6) is 0.622. The zero-order chi connectivity index (χ0) is 17.8. The SMILES string of the molecule is COC(=O)c1cc(Nc2ncc(C)c(OC3CCCC3)n2)ccc1Br. The number of anilines is 2. The lowest BCUT2D eigenvalue weighted by atomic mass is 10.2. The van der Waals surface area contributed by atoms with E-state index in [1.807, 2.05) is 13.0 Å². The number of hydrogen-bond acceptors (Lipinski definition) is 6. The van der Waals surface area contributed by atoms with Crippen molar-refractivity contribution in [3.8, 4) is 5.88 Å². The molecule has 1 fully saturated rings. The number of rotatable bonds is 5. The van der Waals surface area contributed by atoms with Crippen LogP contribution in [0.5, 0.6) is 5.88 Å². The van der Waals surface area contributed by atoms with Crippen LogP contribution in [0.2, 0.25) is 0 Å². The van der Waals surface area contributed by atoms with Gasteiger partial charge in [0.1, 0.15) is 6.10 Å². The number of carbonyl (C=O) groups excluding carboxylic acids is 1. The summed E-state index contributed by atoms with van der Waals surface area (Å²) < 4.78 is 11.5. The molecule has 0 unspecified atom stereocenters. The maximum Gasteiger partial charge on any atom is 0.339 e. The smallest absolute Gasteiger partial charge is 0.339 e. The van der Waals surface area contributed by atoms with Crippen molar-refractivity contribution in [3.63, 3.8) is 0 Å². The molecule has 0 saturated heterocycles. The molecule has 1 heterocycles. The van der Waals surface area contributed by atoms with Crippen LogP contribution in [0.1, 0.15) is 41.6 Å². The summed E-state index contributed by atoms with van der Waals surface area (Å²) in [6, 6.07) is 5.30. The molecule has 0 amide bonds. The Morgan fingerprint density at radius 2 is 2.08 bits per heavy atom. The van der Waals surface area contributed by atoms with Gasteiger partial charge in [0.2, 0.25) is 11.8 Å². The van der Waals surface area contributed by atoms with Crippen LogP contribution in [0.15, 0.2) is 28.9 Å². The summed E-state index contributed by atoms with van der Waals surface area (Å²) >= 11 is 3.35. The Morgan fingerprint density at radius 3 is 2.80 bits per heavy atom. The fourth-order valence-corrected chi connectivity index (χ4v) is 3.18. The van der Waals surface area contributed by atoms with Gasteiger partial charge in [-0.05, 0) is 66.7 Å². The van der Waals surface area contributed by atoms with Gasteiger partial charge in [0, 0.05) is 21.9 Å². The van der Waals surface area contributed by atoms with E-state index in [0.717, 1.165) is 18.4 Å². The molecule has 132 valence electrons. The van der Waals surface area contributed by atoms with Gasteiger partial charge >= 0.3 is 5.97 Å². The van der Waals surface area contributed by atoms with Gasteiger partial charge < -0.3 is 14.8 Å². The van der Waals surface area contributed by atoms with Crippen molar-refractivity contribution in [2.45, 2.75) is 38.7 Å². The Labute approximate surface area is 155 Å². The van der Waals surface area contributed by atoms with E-state index in [1.165, 1.54) is 20.0 Å². The lowest BCUT2D eigenvalue weighted by Gasteiger charge is -2.15. The molecular formula is C18H20BrN3O3. The summed E-state index contributed by atoms with van der Waals surface area (Å²) in [5, 5.41) is 3.11. The molecule has 3 rings (SSSR count). The highest BCUT2D eigenvalue weighted by atomic mass is 79.9. The minimum atomic E-state index is -0.411. The number of carbonyl (C=O) groups is 1. The average Bonchev–Trinajstić information content (AvgIpc) is 3.12. The van der Waals surface area contributed by atoms with Crippen LogP contribution in [-0.2, 0) is 4.74 Å². The van der Waals surface area contributed by atoms with Crippen LogP contribution >= 0.6 is 15.9 Å². The van der Waals surface area contributed by atoms with Gasteiger partial charge in [-0.3, -0.25) is 0 Å². The highest BCUT2D eigenvalue weighted by Gasteiger charge is 2.19. The third-order valence-corrected chi connectivity index (χ3v) is 4.83. The van der Waals surface area contributed by atoms with Crippen LogP contribution in [0.3, 0.4) is 0 Å². The zero-order valence-corrected chi connectivity index (χ0v) is 15.8. The molecular weight excluding hydrogens is 386 g/mol. The molecule has 1 aromatic heterocycles. The first-order valence-corrected chi connectivity index (χ1v) is 9.01. The molecule has 25 heavy (non-hydrogen) atoms. The first kappa shape index (κ1) is 17.7. The monoisotopic (exact) mass is 405 g/mol. The summed E-state index contributed by atoms with van der Waals surface area (Å²) in [6.07, 6.45) is 6.52. The minimum absolute atomic E-state index is 0.236. The fourth-order valence-electron chi connectivity index (χ4n) is 2.77. The number of methoxy groups -OCH3 is 1. The summed E-state index contributed by atoms with van der Waals surface area (Å²) in [4.78, 5) is 20.6. The maximum absolute atomic E-state index is 11.8. The summed E-state index contributed by atoms with van der Waals surface area (Å²) in [7, 11) is 1.35. The van der Waals surface area contributed by atoms with E-state index < -0.39 is 5.97 Å². The largest absolute Gasteiger partial charge is 0.474 e. The Bertz CT molecular complexity index is 776. The number of aryl methyl sites for hydroxylation is 1. The quantitative estimate of drug-likeness (QED) is 0.743.